The van der Waals surface area contributed by atoms with Gasteiger partial charge in [0.05, 0.1) is 0 Å². The number of rotatable bonds is 6. The van der Waals surface area contributed by atoms with Crippen LogP contribution in [0.15, 0.2) is 30.3 Å². The number of carbonyl (C=O) groups is 3. The van der Waals surface area contributed by atoms with E-state index in [1.54, 1.807) is 0 Å². The summed E-state index contributed by atoms with van der Waals surface area (Å²) in [6.07, 6.45) is -0.445. The molecular formula is C16H22N2O4. The molecule has 0 aromatic heterocycles. The van der Waals surface area contributed by atoms with E-state index >= 15 is 0 Å². The smallest absolute Gasteiger partial charge is 0.408 e. The molecule has 0 aliphatic heterocycles. The van der Waals surface area contributed by atoms with Crippen LogP contribution in [0.3, 0.4) is 0 Å². The number of hydrogen-bond donors (Lipinski definition) is 2. The predicted octanol–water partition coefficient (Wildman–Crippen LogP) is 1.99. The van der Waals surface area contributed by atoms with Gasteiger partial charge in [0, 0.05) is 6.42 Å². The maximum absolute atomic E-state index is 11.7. The molecule has 6 nitrogen and oxygen atoms in total. The molecule has 0 radical (unpaired) electrons. The van der Waals surface area contributed by atoms with Gasteiger partial charge in [-0.2, -0.15) is 0 Å². The summed E-state index contributed by atoms with van der Waals surface area (Å²) in [5, 5.41) is 4.63. The first-order valence-electron chi connectivity index (χ1n) is 7.19. The lowest BCUT2D eigenvalue weighted by Gasteiger charge is -2.14. The van der Waals surface area contributed by atoms with E-state index < -0.39 is 18.0 Å². The van der Waals surface area contributed by atoms with Gasteiger partial charge in [-0.15, -0.1) is 0 Å². The highest BCUT2D eigenvalue weighted by atomic mass is 16.5. The lowest BCUT2D eigenvalue weighted by molar-refractivity contribution is -0.131. The molecule has 0 aliphatic rings. The van der Waals surface area contributed by atoms with Crippen molar-refractivity contribution in [3.05, 3.63) is 35.9 Å². The van der Waals surface area contributed by atoms with Crippen molar-refractivity contribution in [2.24, 2.45) is 5.92 Å². The average Bonchev–Trinajstić information content (AvgIpc) is 2.45. The van der Waals surface area contributed by atoms with Gasteiger partial charge in [0.15, 0.2) is 0 Å². The summed E-state index contributed by atoms with van der Waals surface area (Å²) < 4.78 is 5.00. The summed E-state index contributed by atoms with van der Waals surface area (Å²) in [5.41, 5.74) is 0.849. The first kappa shape index (κ1) is 17.7. The van der Waals surface area contributed by atoms with E-state index in [0.29, 0.717) is 0 Å². The third kappa shape index (κ3) is 6.88. The number of carbonyl (C=O) groups excluding carboxylic acids is 3. The Morgan fingerprint density at radius 3 is 2.32 bits per heavy atom. The van der Waals surface area contributed by atoms with Crippen molar-refractivity contribution in [1.82, 2.24) is 10.6 Å². The first-order chi connectivity index (χ1) is 10.4. The number of alkyl carbamates (subject to hydrolysis) is 1. The van der Waals surface area contributed by atoms with Gasteiger partial charge in [0.1, 0.15) is 12.6 Å². The fourth-order valence-electron chi connectivity index (χ4n) is 1.67. The molecule has 22 heavy (non-hydrogen) atoms. The van der Waals surface area contributed by atoms with E-state index in [4.69, 9.17) is 4.74 Å². The van der Waals surface area contributed by atoms with Gasteiger partial charge >= 0.3 is 6.09 Å². The summed E-state index contributed by atoms with van der Waals surface area (Å²) in [6, 6.07) is 8.35. The van der Waals surface area contributed by atoms with E-state index in [1.807, 2.05) is 44.2 Å². The summed E-state index contributed by atoms with van der Waals surface area (Å²) in [4.78, 5) is 34.8. The number of nitrogens with one attached hydrogen (secondary N) is 2. The minimum absolute atomic E-state index is 0.118. The molecular weight excluding hydrogens is 284 g/mol. The molecule has 0 unspecified atom stereocenters. The van der Waals surface area contributed by atoms with E-state index in [2.05, 4.69) is 10.6 Å². The third-order valence-corrected chi connectivity index (χ3v) is 2.80. The second kappa shape index (κ2) is 8.81. The van der Waals surface area contributed by atoms with Crippen LogP contribution >= 0.6 is 0 Å². The van der Waals surface area contributed by atoms with Gasteiger partial charge in [0.25, 0.3) is 0 Å². The molecule has 1 aromatic carbocycles. The third-order valence-electron chi connectivity index (χ3n) is 2.80. The molecule has 120 valence electrons. The Bertz CT molecular complexity index is 514. The van der Waals surface area contributed by atoms with Crippen LogP contribution in [0.4, 0.5) is 4.79 Å². The van der Waals surface area contributed by atoms with Crippen LogP contribution < -0.4 is 10.6 Å². The van der Waals surface area contributed by atoms with Gasteiger partial charge in [-0.05, 0) is 18.4 Å². The van der Waals surface area contributed by atoms with Gasteiger partial charge in [0.2, 0.25) is 11.8 Å². The van der Waals surface area contributed by atoms with Crippen LogP contribution in [0.2, 0.25) is 0 Å². The van der Waals surface area contributed by atoms with Crippen molar-refractivity contribution in [3.63, 3.8) is 0 Å². The largest absolute Gasteiger partial charge is 0.445 e. The number of amides is 3. The predicted molar refractivity (Wildman–Crippen MR) is 81.8 cm³/mol. The van der Waals surface area contributed by atoms with Crippen LogP contribution in [-0.4, -0.2) is 23.9 Å². The molecule has 0 spiro atoms. The van der Waals surface area contributed by atoms with E-state index in [9.17, 15) is 14.4 Å². The lowest BCUT2D eigenvalue weighted by Crippen LogP contribution is -2.47. The number of hydrogen-bond acceptors (Lipinski definition) is 4. The van der Waals surface area contributed by atoms with Gasteiger partial charge < -0.3 is 10.1 Å². The quantitative estimate of drug-likeness (QED) is 0.841. The fraction of sp³-hybridized carbons (Fsp3) is 0.438. The summed E-state index contributed by atoms with van der Waals surface area (Å²) in [6.45, 7) is 5.37. The second-order valence-electron chi connectivity index (χ2n) is 5.44. The van der Waals surface area contributed by atoms with Crippen molar-refractivity contribution < 1.29 is 19.1 Å². The Hall–Kier alpha value is -2.37. The van der Waals surface area contributed by atoms with Crippen LogP contribution in [0.5, 0.6) is 0 Å². The van der Waals surface area contributed by atoms with Crippen molar-refractivity contribution in [3.8, 4) is 0 Å². The lowest BCUT2D eigenvalue weighted by atomic mass is 10.1. The summed E-state index contributed by atoms with van der Waals surface area (Å²) >= 11 is 0. The van der Waals surface area contributed by atoms with Crippen LogP contribution in [0.1, 0.15) is 32.8 Å². The van der Waals surface area contributed by atoms with Gasteiger partial charge in [-0.1, -0.05) is 44.2 Å². The molecule has 1 rings (SSSR count). The van der Waals surface area contributed by atoms with E-state index in [-0.39, 0.29) is 24.9 Å². The highest BCUT2D eigenvalue weighted by Gasteiger charge is 2.18. The molecule has 0 fully saturated rings. The molecule has 1 aromatic rings. The average molecular weight is 306 g/mol. The molecule has 3 amide bonds. The summed E-state index contributed by atoms with van der Waals surface area (Å²) in [5.74, 6) is -0.750. The van der Waals surface area contributed by atoms with Crippen molar-refractivity contribution in [1.29, 1.82) is 0 Å². The first-order valence-corrected chi connectivity index (χ1v) is 7.19. The molecule has 0 saturated carbocycles. The Balaban J connectivity index is 2.33. The van der Waals surface area contributed by atoms with Crippen molar-refractivity contribution >= 4 is 17.9 Å². The SMILES string of the molecule is CC(C)CC(=O)NC(=O)[C@H](C)NC(=O)OCc1ccccc1. The highest BCUT2D eigenvalue weighted by molar-refractivity contribution is 5.98. The molecule has 0 saturated heterocycles. The van der Waals surface area contributed by atoms with E-state index in [0.717, 1.165) is 5.56 Å². The Morgan fingerprint density at radius 2 is 1.73 bits per heavy atom. The number of ether oxygens (including phenoxy) is 1. The normalized spacial score (nSPS) is 11.6. The molecule has 0 aliphatic carbocycles. The van der Waals surface area contributed by atoms with E-state index in [1.165, 1.54) is 6.92 Å². The zero-order valence-corrected chi connectivity index (χ0v) is 13.1. The Labute approximate surface area is 130 Å². The molecule has 6 heteroatoms. The van der Waals surface area contributed by atoms with Crippen molar-refractivity contribution in [2.75, 3.05) is 0 Å². The minimum Gasteiger partial charge on any atom is -0.445 e. The second-order valence-corrected chi connectivity index (χ2v) is 5.44. The van der Waals surface area contributed by atoms with Gasteiger partial charge in [-0.25, -0.2) is 4.79 Å². The molecule has 2 N–H and O–H groups in total. The minimum atomic E-state index is -0.848. The van der Waals surface area contributed by atoms with Crippen LogP contribution in [0.25, 0.3) is 0 Å². The number of benzene rings is 1. The number of imide groups is 1. The van der Waals surface area contributed by atoms with Gasteiger partial charge in [-0.3, -0.25) is 14.9 Å². The topological polar surface area (TPSA) is 84.5 Å². The highest BCUT2D eigenvalue weighted by Crippen LogP contribution is 2.01. The van der Waals surface area contributed by atoms with Crippen LogP contribution in [-0.2, 0) is 20.9 Å². The van der Waals surface area contributed by atoms with Crippen molar-refractivity contribution in [2.45, 2.75) is 39.8 Å². The Kier molecular flexibility index (Phi) is 7.08. The Morgan fingerprint density at radius 1 is 1.09 bits per heavy atom. The zero-order chi connectivity index (χ0) is 16.5. The summed E-state index contributed by atoms with van der Waals surface area (Å²) in [7, 11) is 0. The monoisotopic (exact) mass is 306 g/mol. The standard InChI is InChI=1S/C16H22N2O4/c1-11(2)9-14(19)18-15(20)12(3)17-16(21)22-10-13-7-5-4-6-8-13/h4-8,11-12H,9-10H2,1-3H3,(H,17,21)(H,18,19,20)/t12-/m0/s1. The molecule has 1 atom stereocenters. The molecule has 0 heterocycles. The maximum atomic E-state index is 11.7. The van der Waals surface area contributed by atoms with Crippen LogP contribution in [0, 0.1) is 5.92 Å². The fourth-order valence-corrected chi connectivity index (χ4v) is 1.67. The maximum Gasteiger partial charge on any atom is 0.408 e. The zero-order valence-electron chi connectivity index (χ0n) is 13.1. The molecule has 0 bridgehead atoms.